The van der Waals surface area contributed by atoms with Gasteiger partial charge in [-0.1, -0.05) is 12.1 Å². The summed E-state index contributed by atoms with van der Waals surface area (Å²) in [5.41, 5.74) is 3.66. The van der Waals surface area contributed by atoms with Crippen molar-refractivity contribution < 1.29 is 4.79 Å². The molecular formula is C15H24N2O. The zero-order chi connectivity index (χ0) is 13.5. The van der Waals surface area contributed by atoms with Gasteiger partial charge in [-0.05, 0) is 44.9 Å². The van der Waals surface area contributed by atoms with E-state index < -0.39 is 0 Å². The third-order valence-corrected chi connectivity index (χ3v) is 3.38. The van der Waals surface area contributed by atoms with Gasteiger partial charge in [0.1, 0.15) is 0 Å². The first-order valence-corrected chi connectivity index (χ1v) is 6.68. The summed E-state index contributed by atoms with van der Waals surface area (Å²) in [6.45, 7) is 10.5. The molecule has 0 saturated heterocycles. The average Bonchev–Trinajstić information content (AvgIpc) is 2.36. The number of amides is 1. The minimum atomic E-state index is 0.220. The van der Waals surface area contributed by atoms with E-state index in [0.717, 1.165) is 18.8 Å². The van der Waals surface area contributed by atoms with Gasteiger partial charge in [0.25, 0.3) is 0 Å². The van der Waals surface area contributed by atoms with Gasteiger partial charge >= 0.3 is 0 Å². The molecule has 0 radical (unpaired) electrons. The molecule has 0 aliphatic heterocycles. The van der Waals surface area contributed by atoms with Gasteiger partial charge in [-0.2, -0.15) is 0 Å². The second-order valence-corrected chi connectivity index (χ2v) is 4.49. The topological polar surface area (TPSA) is 32.3 Å². The summed E-state index contributed by atoms with van der Waals surface area (Å²) in [5, 5.41) is 3.34. The van der Waals surface area contributed by atoms with Gasteiger partial charge in [0.2, 0.25) is 5.91 Å². The second kappa shape index (κ2) is 7.04. The molecule has 3 heteroatoms. The van der Waals surface area contributed by atoms with Crippen LogP contribution in [-0.2, 0) is 4.79 Å². The molecule has 100 valence electrons. The van der Waals surface area contributed by atoms with Crippen LogP contribution in [-0.4, -0.2) is 30.4 Å². The predicted octanol–water partition coefficient (Wildman–Crippen LogP) is 2.97. The Hall–Kier alpha value is -1.51. The molecule has 1 aromatic rings. The molecule has 0 aliphatic carbocycles. The van der Waals surface area contributed by atoms with Crippen molar-refractivity contribution in [3.63, 3.8) is 0 Å². The highest BCUT2D eigenvalue weighted by atomic mass is 16.2. The van der Waals surface area contributed by atoms with Crippen LogP contribution in [0.4, 0.5) is 5.69 Å². The molecule has 0 aliphatic rings. The van der Waals surface area contributed by atoms with Gasteiger partial charge < -0.3 is 10.2 Å². The quantitative estimate of drug-likeness (QED) is 0.839. The molecule has 0 saturated carbocycles. The molecule has 0 atom stereocenters. The minimum Gasteiger partial charge on any atom is -0.384 e. The first kappa shape index (κ1) is 14.6. The molecule has 1 rings (SSSR count). The highest BCUT2D eigenvalue weighted by molar-refractivity contribution is 5.76. The number of hydrogen-bond donors (Lipinski definition) is 1. The van der Waals surface area contributed by atoms with Gasteiger partial charge in [0.05, 0.1) is 0 Å². The number of nitrogens with one attached hydrogen (secondary N) is 1. The number of hydrogen-bond acceptors (Lipinski definition) is 2. The molecule has 3 nitrogen and oxygen atoms in total. The van der Waals surface area contributed by atoms with E-state index >= 15 is 0 Å². The van der Waals surface area contributed by atoms with Crippen LogP contribution in [0.15, 0.2) is 18.2 Å². The lowest BCUT2D eigenvalue weighted by atomic mass is 10.1. The van der Waals surface area contributed by atoms with Crippen molar-refractivity contribution in [3.8, 4) is 0 Å². The van der Waals surface area contributed by atoms with Crippen LogP contribution < -0.4 is 5.32 Å². The van der Waals surface area contributed by atoms with E-state index in [2.05, 4.69) is 31.3 Å². The smallest absolute Gasteiger partial charge is 0.224 e. The van der Waals surface area contributed by atoms with Crippen molar-refractivity contribution in [2.45, 2.75) is 34.1 Å². The fourth-order valence-corrected chi connectivity index (χ4v) is 1.98. The molecule has 0 bridgehead atoms. The molecule has 0 fully saturated rings. The van der Waals surface area contributed by atoms with Crippen molar-refractivity contribution in [3.05, 3.63) is 29.3 Å². The lowest BCUT2D eigenvalue weighted by molar-refractivity contribution is -0.130. The fourth-order valence-electron chi connectivity index (χ4n) is 1.98. The van der Waals surface area contributed by atoms with Crippen LogP contribution in [0.1, 0.15) is 31.4 Å². The van der Waals surface area contributed by atoms with Crippen LogP contribution in [0.3, 0.4) is 0 Å². The molecule has 0 aromatic heterocycles. The lowest BCUT2D eigenvalue weighted by Gasteiger charge is -2.19. The zero-order valence-corrected chi connectivity index (χ0v) is 11.9. The van der Waals surface area contributed by atoms with Crippen molar-refractivity contribution in [1.29, 1.82) is 0 Å². The second-order valence-electron chi connectivity index (χ2n) is 4.49. The maximum absolute atomic E-state index is 11.8. The number of nitrogens with zero attached hydrogens (tertiary/aromatic N) is 1. The van der Waals surface area contributed by atoms with Crippen LogP contribution in [0.2, 0.25) is 0 Å². The van der Waals surface area contributed by atoms with Crippen molar-refractivity contribution in [2.24, 2.45) is 0 Å². The number of rotatable bonds is 6. The maximum Gasteiger partial charge on any atom is 0.224 e. The standard InChI is InChI=1S/C15H24N2O/c1-5-17(6-2)15(18)10-11-16-14-9-7-8-12(3)13(14)4/h7-9,16H,5-6,10-11H2,1-4H3. The number of benzene rings is 1. The average molecular weight is 248 g/mol. The van der Waals surface area contributed by atoms with Crippen LogP contribution >= 0.6 is 0 Å². The van der Waals surface area contributed by atoms with Crippen LogP contribution in [0.5, 0.6) is 0 Å². The van der Waals surface area contributed by atoms with E-state index in [-0.39, 0.29) is 5.91 Å². The van der Waals surface area contributed by atoms with E-state index in [1.54, 1.807) is 0 Å². The summed E-state index contributed by atoms with van der Waals surface area (Å²) >= 11 is 0. The molecule has 0 heterocycles. The first-order valence-electron chi connectivity index (χ1n) is 6.68. The summed E-state index contributed by atoms with van der Waals surface area (Å²) in [4.78, 5) is 13.7. The predicted molar refractivity (Wildman–Crippen MR) is 77.0 cm³/mol. The summed E-state index contributed by atoms with van der Waals surface area (Å²) in [6.07, 6.45) is 0.551. The van der Waals surface area contributed by atoms with Gasteiger partial charge in [-0.25, -0.2) is 0 Å². The summed E-state index contributed by atoms with van der Waals surface area (Å²) < 4.78 is 0. The molecule has 18 heavy (non-hydrogen) atoms. The van der Waals surface area contributed by atoms with E-state index in [1.807, 2.05) is 24.8 Å². The first-order chi connectivity index (χ1) is 8.60. The summed E-state index contributed by atoms with van der Waals surface area (Å²) in [5.74, 6) is 0.220. The molecule has 1 amide bonds. The SMILES string of the molecule is CCN(CC)C(=O)CCNc1cccc(C)c1C. The minimum absolute atomic E-state index is 0.220. The van der Waals surface area contributed by atoms with Crippen LogP contribution in [0.25, 0.3) is 0 Å². The summed E-state index contributed by atoms with van der Waals surface area (Å²) in [6, 6.07) is 6.20. The molecular weight excluding hydrogens is 224 g/mol. The van der Waals surface area contributed by atoms with Gasteiger partial charge in [-0.15, -0.1) is 0 Å². The van der Waals surface area contributed by atoms with Crippen molar-refractivity contribution >= 4 is 11.6 Å². The highest BCUT2D eigenvalue weighted by Crippen LogP contribution is 2.17. The normalized spacial score (nSPS) is 10.2. The summed E-state index contributed by atoms with van der Waals surface area (Å²) in [7, 11) is 0. The van der Waals surface area contributed by atoms with Crippen molar-refractivity contribution in [2.75, 3.05) is 25.0 Å². The largest absolute Gasteiger partial charge is 0.384 e. The van der Waals surface area contributed by atoms with E-state index in [4.69, 9.17) is 0 Å². The molecule has 1 aromatic carbocycles. The Labute approximate surface area is 110 Å². The molecule has 1 N–H and O–H groups in total. The maximum atomic E-state index is 11.8. The number of carbonyl (C=O) groups excluding carboxylic acids is 1. The van der Waals surface area contributed by atoms with Crippen molar-refractivity contribution in [1.82, 2.24) is 4.90 Å². The Morgan fingerprint density at radius 2 is 1.89 bits per heavy atom. The fraction of sp³-hybridized carbons (Fsp3) is 0.533. The number of carbonyl (C=O) groups is 1. The Bertz CT molecular complexity index is 397. The van der Waals surface area contributed by atoms with E-state index in [9.17, 15) is 4.79 Å². The Morgan fingerprint density at radius 3 is 2.50 bits per heavy atom. The Balaban J connectivity index is 2.47. The van der Waals surface area contributed by atoms with E-state index in [1.165, 1.54) is 11.1 Å². The number of aryl methyl sites for hydroxylation is 1. The third-order valence-electron chi connectivity index (χ3n) is 3.38. The van der Waals surface area contributed by atoms with Gasteiger partial charge in [0, 0.05) is 31.7 Å². The molecule has 0 spiro atoms. The van der Waals surface area contributed by atoms with Gasteiger partial charge in [-0.3, -0.25) is 4.79 Å². The number of anilines is 1. The van der Waals surface area contributed by atoms with E-state index in [0.29, 0.717) is 13.0 Å². The van der Waals surface area contributed by atoms with Crippen LogP contribution in [0, 0.1) is 13.8 Å². The highest BCUT2D eigenvalue weighted by Gasteiger charge is 2.08. The lowest BCUT2D eigenvalue weighted by Crippen LogP contribution is -2.31. The zero-order valence-electron chi connectivity index (χ0n) is 11.9. The Kier molecular flexibility index (Phi) is 5.69. The third kappa shape index (κ3) is 3.76. The Morgan fingerprint density at radius 1 is 1.22 bits per heavy atom. The van der Waals surface area contributed by atoms with Gasteiger partial charge in [0.15, 0.2) is 0 Å². The molecule has 0 unspecified atom stereocenters. The monoisotopic (exact) mass is 248 g/mol.